The van der Waals surface area contributed by atoms with E-state index in [0.29, 0.717) is 12.1 Å². The van der Waals surface area contributed by atoms with Gasteiger partial charge in [-0.25, -0.2) is 0 Å². The molecule has 3 atom stereocenters. The number of nitrogens with zero attached hydrogens (tertiary/aromatic N) is 2. The number of benzene rings is 1. The number of hydrogen-bond donors (Lipinski definition) is 2. The van der Waals surface area contributed by atoms with Crippen LogP contribution in [0.4, 0.5) is 0 Å². The second-order valence-corrected chi connectivity index (χ2v) is 7.79. The Labute approximate surface area is 147 Å². The van der Waals surface area contributed by atoms with Crippen molar-refractivity contribution in [1.82, 2.24) is 15.1 Å². The largest absolute Gasteiger partial charge is 0.396 e. The third kappa shape index (κ3) is 2.57. The van der Waals surface area contributed by atoms with Crippen molar-refractivity contribution >= 4 is 11.6 Å². The lowest BCUT2D eigenvalue weighted by Gasteiger charge is -2.36. The zero-order chi connectivity index (χ0) is 16.7. The zero-order valence-corrected chi connectivity index (χ0v) is 14.8. The van der Waals surface area contributed by atoms with Gasteiger partial charge in [-0.2, -0.15) is 5.10 Å². The maximum Gasteiger partial charge on any atom is 0.0951 e. The SMILES string of the molecule is Cc1[nH]nc(CN2[C@H]3CC[C@@H]2[C@@](CO)(Cc2ccccc2)C3)c1Cl. The van der Waals surface area contributed by atoms with Crippen LogP contribution in [0.2, 0.25) is 5.02 Å². The maximum absolute atomic E-state index is 10.3. The number of aryl methyl sites for hydroxylation is 1. The molecule has 0 saturated carbocycles. The predicted molar refractivity (Wildman–Crippen MR) is 95.0 cm³/mol. The van der Waals surface area contributed by atoms with Crippen molar-refractivity contribution in [2.45, 2.75) is 51.2 Å². The summed E-state index contributed by atoms with van der Waals surface area (Å²) in [5, 5.41) is 18.4. The minimum atomic E-state index is -0.0396. The number of aliphatic hydroxyl groups is 1. The number of fused-ring (bicyclic) bond motifs is 2. The molecule has 0 amide bonds. The van der Waals surface area contributed by atoms with Gasteiger partial charge in [0.2, 0.25) is 0 Å². The van der Waals surface area contributed by atoms with E-state index in [1.807, 2.05) is 13.0 Å². The summed E-state index contributed by atoms with van der Waals surface area (Å²) < 4.78 is 0. The van der Waals surface area contributed by atoms with E-state index in [1.165, 1.54) is 12.0 Å². The quantitative estimate of drug-likeness (QED) is 0.874. The van der Waals surface area contributed by atoms with E-state index in [4.69, 9.17) is 11.6 Å². The Hall–Kier alpha value is -1.36. The molecule has 0 radical (unpaired) electrons. The van der Waals surface area contributed by atoms with Crippen LogP contribution >= 0.6 is 11.6 Å². The van der Waals surface area contributed by atoms with Crippen molar-refractivity contribution in [1.29, 1.82) is 0 Å². The van der Waals surface area contributed by atoms with Gasteiger partial charge in [-0.3, -0.25) is 10.00 Å². The van der Waals surface area contributed by atoms with Crippen molar-refractivity contribution in [2.75, 3.05) is 6.61 Å². The first-order valence-electron chi connectivity index (χ1n) is 8.73. The molecule has 0 unspecified atom stereocenters. The first kappa shape index (κ1) is 16.1. The summed E-state index contributed by atoms with van der Waals surface area (Å²) in [6.45, 7) is 2.97. The van der Waals surface area contributed by atoms with Crippen LogP contribution in [0.15, 0.2) is 30.3 Å². The van der Waals surface area contributed by atoms with Crippen molar-refractivity contribution in [3.05, 3.63) is 52.3 Å². The van der Waals surface area contributed by atoms with Crippen molar-refractivity contribution in [2.24, 2.45) is 5.41 Å². The Morgan fingerprint density at radius 3 is 2.79 bits per heavy atom. The topological polar surface area (TPSA) is 52.2 Å². The number of nitrogens with one attached hydrogen (secondary N) is 1. The standard InChI is InChI=1S/C19H24ClN3O/c1-13-18(20)16(22-21-13)11-23-15-7-8-17(23)19(10-15,12-24)9-14-5-3-2-4-6-14/h2-6,15,17,24H,7-12H2,1H3,(H,21,22)/t15-,17+,19-/m0/s1. The minimum absolute atomic E-state index is 0.0396. The molecule has 4 rings (SSSR count). The molecule has 128 valence electrons. The molecule has 2 saturated heterocycles. The lowest BCUT2D eigenvalue weighted by atomic mass is 9.70. The average molecular weight is 346 g/mol. The highest BCUT2D eigenvalue weighted by Crippen LogP contribution is 2.51. The van der Waals surface area contributed by atoms with Crippen LogP contribution in [0.5, 0.6) is 0 Å². The molecule has 4 nitrogen and oxygen atoms in total. The summed E-state index contributed by atoms with van der Waals surface area (Å²) in [6, 6.07) is 11.5. The number of hydrogen-bond acceptors (Lipinski definition) is 3. The molecule has 0 spiro atoms. The van der Waals surface area contributed by atoms with Crippen LogP contribution in [0.3, 0.4) is 0 Å². The van der Waals surface area contributed by atoms with E-state index in [2.05, 4.69) is 39.4 Å². The average Bonchev–Trinajstić information content (AvgIpc) is 3.23. The molecule has 2 aromatic rings. The molecule has 2 N–H and O–H groups in total. The molecule has 2 fully saturated rings. The summed E-state index contributed by atoms with van der Waals surface area (Å²) in [7, 11) is 0. The normalized spacial score (nSPS) is 29.5. The van der Waals surface area contributed by atoms with Gasteiger partial charge in [0, 0.05) is 24.0 Å². The first-order chi connectivity index (χ1) is 11.6. The Morgan fingerprint density at radius 2 is 2.12 bits per heavy atom. The molecular weight excluding hydrogens is 322 g/mol. The third-order valence-electron chi connectivity index (χ3n) is 5.98. The van der Waals surface area contributed by atoms with Gasteiger partial charge in [-0.05, 0) is 38.2 Å². The zero-order valence-electron chi connectivity index (χ0n) is 14.0. The summed E-state index contributed by atoms with van der Waals surface area (Å²) in [5.41, 5.74) is 3.13. The molecule has 1 aromatic heterocycles. The van der Waals surface area contributed by atoms with Gasteiger partial charge in [-0.15, -0.1) is 0 Å². The van der Waals surface area contributed by atoms with Crippen molar-refractivity contribution < 1.29 is 5.11 Å². The molecule has 24 heavy (non-hydrogen) atoms. The van der Waals surface area contributed by atoms with Crippen LogP contribution in [0.25, 0.3) is 0 Å². The van der Waals surface area contributed by atoms with Crippen LogP contribution in [-0.2, 0) is 13.0 Å². The van der Waals surface area contributed by atoms with Crippen molar-refractivity contribution in [3.8, 4) is 0 Å². The van der Waals surface area contributed by atoms with Crippen LogP contribution in [0.1, 0.15) is 36.2 Å². The smallest absolute Gasteiger partial charge is 0.0951 e. The molecule has 0 aliphatic carbocycles. The summed E-state index contributed by atoms with van der Waals surface area (Å²) in [6.07, 6.45) is 4.36. The molecule has 2 bridgehead atoms. The number of aromatic nitrogens is 2. The Balaban J connectivity index is 1.57. The number of H-pyrrole nitrogens is 1. The monoisotopic (exact) mass is 345 g/mol. The molecule has 3 heterocycles. The minimum Gasteiger partial charge on any atom is -0.396 e. The van der Waals surface area contributed by atoms with Gasteiger partial charge in [0.15, 0.2) is 0 Å². The Kier molecular flexibility index (Phi) is 4.15. The fourth-order valence-corrected chi connectivity index (χ4v) is 4.96. The van der Waals surface area contributed by atoms with Gasteiger partial charge in [0.25, 0.3) is 0 Å². The summed E-state index contributed by atoms with van der Waals surface area (Å²) in [5.74, 6) is 0. The number of halogens is 1. The number of aliphatic hydroxyl groups excluding tert-OH is 1. The van der Waals surface area contributed by atoms with E-state index in [9.17, 15) is 5.11 Å². The highest BCUT2D eigenvalue weighted by molar-refractivity contribution is 6.31. The Bertz CT molecular complexity index is 717. The number of aromatic amines is 1. The lowest BCUT2D eigenvalue weighted by molar-refractivity contribution is 0.0748. The second kappa shape index (κ2) is 6.17. The molecule has 5 heteroatoms. The van der Waals surface area contributed by atoms with E-state index < -0.39 is 0 Å². The summed E-state index contributed by atoms with van der Waals surface area (Å²) in [4.78, 5) is 2.53. The van der Waals surface area contributed by atoms with E-state index in [-0.39, 0.29) is 12.0 Å². The van der Waals surface area contributed by atoms with Crippen LogP contribution in [0, 0.1) is 12.3 Å². The third-order valence-corrected chi connectivity index (χ3v) is 6.48. The lowest BCUT2D eigenvalue weighted by Crippen LogP contribution is -2.41. The second-order valence-electron chi connectivity index (χ2n) is 7.42. The van der Waals surface area contributed by atoms with Crippen LogP contribution in [-0.4, -0.2) is 38.9 Å². The maximum atomic E-state index is 10.3. The Morgan fingerprint density at radius 1 is 1.33 bits per heavy atom. The number of rotatable bonds is 5. The van der Waals surface area contributed by atoms with Crippen LogP contribution < -0.4 is 0 Å². The van der Waals surface area contributed by atoms with E-state index in [0.717, 1.165) is 42.2 Å². The highest BCUT2D eigenvalue weighted by Gasteiger charge is 2.55. The van der Waals surface area contributed by atoms with Gasteiger partial charge < -0.3 is 5.11 Å². The predicted octanol–water partition coefficient (Wildman–Crippen LogP) is 3.33. The molecule has 2 aliphatic heterocycles. The van der Waals surface area contributed by atoms with Crippen molar-refractivity contribution in [3.63, 3.8) is 0 Å². The van der Waals surface area contributed by atoms with E-state index >= 15 is 0 Å². The van der Waals surface area contributed by atoms with Gasteiger partial charge in [0.1, 0.15) is 0 Å². The first-order valence-corrected chi connectivity index (χ1v) is 9.10. The molecular formula is C19H24ClN3O. The summed E-state index contributed by atoms with van der Waals surface area (Å²) >= 11 is 6.37. The van der Waals surface area contributed by atoms with Gasteiger partial charge >= 0.3 is 0 Å². The van der Waals surface area contributed by atoms with E-state index in [1.54, 1.807) is 0 Å². The van der Waals surface area contributed by atoms with Gasteiger partial charge in [-0.1, -0.05) is 41.9 Å². The highest BCUT2D eigenvalue weighted by atomic mass is 35.5. The fourth-order valence-electron chi connectivity index (χ4n) is 4.82. The molecule has 1 aromatic carbocycles. The van der Waals surface area contributed by atoms with Gasteiger partial charge in [0.05, 0.1) is 23.0 Å². The fraction of sp³-hybridized carbons (Fsp3) is 0.526. The molecule has 2 aliphatic rings.